The Morgan fingerprint density at radius 1 is 1.19 bits per heavy atom. The minimum Gasteiger partial charge on any atom is -0.481 e. The molecule has 1 amide bonds. The summed E-state index contributed by atoms with van der Waals surface area (Å²) in [6.07, 6.45) is -0.599. The first kappa shape index (κ1) is 18.3. The number of nitrogens with zero attached hydrogens (tertiary/aromatic N) is 1. The number of anilines is 1. The van der Waals surface area contributed by atoms with Crippen LogP contribution in [0, 0.1) is 0 Å². The summed E-state index contributed by atoms with van der Waals surface area (Å²) < 4.78 is 31.9. The zero-order valence-electron chi connectivity index (χ0n) is 14.8. The summed E-state index contributed by atoms with van der Waals surface area (Å²) in [5.41, 5.74) is 2.27. The van der Waals surface area contributed by atoms with Gasteiger partial charge in [-0.15, -0.1) is 0 Å². The Balaban J connectivity index is 1.89. The Labute approximate surface area is 153 Å². The van der Waals surface area contributed by atoms with Crippen LogP contribution in [-0.4, -0.2) is 31.1 Å². The van der Waals surface area contributed by atoms with Crippen molar-refractivity contribution in [1.29, 1.82) is 0 Å². The van der Waals surface area contributed by atoms with E-state index in [-0.39, 0.29) is 11.7 Å². The van der Waals surface area contributed by atoms with E-state index < -0.39 is 16.1 Å². The van der Waals surface area contributed by atoms with Gasteiger partial charge in [0, 0.05) is 24.3 Å². The lowest BCUT2D eigenvalue weighted by atomic mass is 10.1. The highest BCUT2D eigenvalue weighted by molar-refractivity contribution is 7.92. The zero-order chi connectivity index (χ0) is 18.7. The largest absolute Gasteiger partial charge is 0.481 e. The van der Waals surface area contributed by atoms with Gasteiger partial charge < -0.3 is 9.64 Å². The van der Waals surface area contributed by atoms with Crippen LogP contribution in [0.2, 0.25) is 0 Å². The fraction of sp³-hybridized carbons (Fsp3) is 0.316. The number of rotatable bonds is 5. The summed E-state index contributed by atoms with van der Waals surface area (Å²) in [6.45, 7) is 4.13. The minimum atomic E-state index is -3.36. The molecule has 138 valence electrons. The van der Waals surface area contributed by atoms with Crippen molar-refractivity contribution in [2.75, 3.05) is 10.5 Å². The summed E-state index contributed by atoms with van der Waals surface area (Å²) in [5.74, 6) is 0.498. The van der Waals surface area contributed by atoms with Gasteiger partial charge in [-0.1, -0.05) is 30.3 Å². The Bertz CT molecular complexity index is 897. The maximum Gasteiger partial charge on any atom is 0.263 e. The number of sulfonamides is 1. The third-order valence-electron chi connectivity index (χ3n) is 4.25. The van der Waals surface area contributed by atoms with Gasteiger partial charge in [0.2, 0.25) is 10.0 Å². The molecule has 1 N–H and O–H groups in total. The van der Waals surface area contributed by atoms with E-state index in [2.05, 4.69) is 4.72 Å². The van der Waals surface area contributed by atoms with Crippen molar-refractivity contribution in [3.8, 4) is 5.75 Å². The monoisotopic (exact) mass is 374 g/mol. The third kappa shape index (κ3) is 4.16. The van der Waals surface area contributed by atoms with Crippen molar-refractivity contribution in [3.05, 3.63) is 59.7 Å². The fourth-order valence-electron chi connectivity index (χ4n) is 2.85. The standard InChI is InChI=1S/C19H22N2O4S/c1-3-26(23,24)20-17-9-10-18-16(11-17)13-21(19(22)14(2)25-18)12-15-7-5-4-6-8-15/h4-11,14,20H,3,12-13H2,1-2H3. The van der Waals surface area contributed by atoms with Crippen LogP contribution in [0.15, 0.2) is 48.5 Å². The van der Waals surface area contributed by atoms with Gasteiger partial charge in [-0.3, -0.25) is 9.52 Å². The molecule has 7 heteroatoms. The molecule has 1 atom stereocenters. The first-order valence-electron chi connectivity index (χ1n) is 8.51. The number of fused-ring (bicyclic) bond motifs is 1. The van der Waals surface area contributed by atoms with Crippen LogP contribution in [0.1, 0.15) is 25.0 Å². The van der Waals surface area contributed by atoms with Crippen LogP contribution in [0.5, 0.6) is 5.75 Å². The molecular weight excluding hydrogens is 352 g/mol. The molecule has 26 heavy (non-hydrogen) atoms. The Kier molecular flexibility index (Phi) is 5.18. The molecule has 0 spiro atoms. The van der Waals surface area contributed by atoms with E-state index in [1.165, 1.54) is 0 Å². The topological polar surface area (TPSA) is 75.7 Å². The fourth-order valence-corrected chi connectivity index (χ4v) is 3.48. The summed E-state index contributed by atoms with van der Waals surface area (Å²) in [5, 5.41) is 0. The molecule has 6 nitrogen and oxygen atoms in total. The van der Waals surface area contributed by atoms with Crippen molar-refractivity contribution in [2.45, 2.75) is 33.0 Å². The third-order valence-corrected chi connectivity index (χ3v) is 5.56. The van der Waals surface area contributed by atoms with E-state index in [9.17, 15) is 13.2 Å². The summed E-state index contributed by atoms with van der Waals surface area (Å²) in [6, 6.07) is 14.8. The smallest absolute Gasteiger partial charge is 0.263 e. The minimum absolute atomic E-state index is 0.00373. The second-order valence-electron chi connectivity index (χ2n) is 6.27. The predicted octanol–water partition coefficient (Wildman–Crippen LogP) is 2.76. The normalized spacial score (nSPS) is 17.2. The highest BCUT2D eigenvalue weighted by Crippen LogP contribution is 2.29. The van der Waals surface area contributed by atoms with Crippen molar-refractivity contribution in [2.24, 2.45) is 0 Å². The molecule has 1 heterocycles. The quantitative estimate of drug-likeness (QED) is 0.873. The molecular formula is C19H22N2O4S. The molecule has 1 aliphatic rings. The highest BCUT2D eigenvalue weighted by atomic mass is 32.2. The molecule has 0 bridgehead atoms. The first-order valence-corrected chi connectivity index (χ1v) is 10.2. The second kappa shape index (κ2) is 7.37. The Morgan fingerprint density at radius 3 is 2.62 bits per heavy atom. The van der Waals surface area contributed by atoms with E-state index in [1.807, 2.05) is 30.3 Å². The van der Waals surface area contributed by atoms with Gasteiger partial charge in [-0.05, 0) is 37.6 Å². The molecule has 0 saturated carbocycles. The average molecular weight is 374 g/mol. The SMILES string of the molecule is CCS(=O)(=O)Nc1ccc2c(c1)CN(Cc1ccccc1)C(=O)C(C)O2. The summed E-state index contributed by atoms with van der Waals surface area (Å²) in [7, 11) is -3.36. The highest BCUT2D eigenvalue weighted by Gasteiger charge is 2.28. The molecule has 0 radical (unpaired) electrons. The van der Waals surface area contributed by atoms with Crippen LogP contribution >= 0.6 is 0 Å². The van der Waals surface area contributed by atoms with Gasteiger partial charge in [0.25, 0.3) is 5.91 Å². The number of ether oxygens (including phenoxy) is 1. The van der Waals surface area contributed by atoms with Gasteiger partial charge in [0.05, 0.1) is 5.75 Å². The second-order valence-corrected chi connectivity index (χ2v) is 8.28. The van der Waals surface area contributed by atoms with Crippen LogP contribution in [0.4, 0.5) is 5.69 Å². The van der Waals surface area contributed by atoms with E-state index in [0.29, 0.717) is 24.5 Å². The average Bonchev–Trinajstić information content (AvgIpc) is 2.73. The molecule has 1 unspecified atom stereocenters. The van der Waals surface area contributed by atoms with Crippen molar-refractivity contribution >= 4 is 21.6 Å². The molecule has 2 aromatic carbocycles. The Hall–Kier alpha value is -2.54. The van der Waals surface area contributed by atoms with Crippen molar-refractivity contribution in [1.82, 2.24) is 4.90 Å². The van der Waals surface area contributed by atoms with Gasteiger partial charge in [-0.2, -0.15) is 0 Å². The van der Waals surface area contributed by atoms with Crippen molar-refractivity contribution < 1.29 is 17.9 Å². The number of amides is 1. The molecule has 1 aliphatic heterocycles. The lowest BCUT2D eigenvalue weighted by Gasteiger charge is -2.22. The van der Waals surface area contributed by atoms with Crippen LogP contribution in [0.25, 0.3) is 0 Å². The molecule has 0 saturated heterocycles. The molecule has 0 aliphatic carbocycles. The number of hydrogen-bond donors (Lipinski definition) is 1. The van der Waals surface area contributed by atoms with Gasteiger partial charge in [0.1, 0.15) is 5.75 Å². The van der Waals surface area contributed by atoms with Gasteiger partial charge >= 0.3 is 0 Å². The van der Waals surface area contributed by atoms with E-state index in [0.717, 1.165) is 11.1 Å². The molecule has 3 rings (SSSR count). The molecule has 0 fully saturated rings. The first-order chi connectivity index (χ1) is 12.4. The van der Waals surface area contributed by atoms with E-state index >= 15 is 0 Å². The van der Waals surface area contributed by atoms with Gasteiger partial charge in [0.15, 0.2) is 6.10 Å². The molecule has 2 aromatic rings. The van der Waals surface area contributed by atoms with Crippen molar-refractivity contribution in [3.63, 3.8) is 0 Å². The lowest BCUT2D eigenvalue weighted by molar-refractivity contribution is -0.138. The zero-order valence-corrected chi connectivity index (χ0v) is 15.6. The summed E-state index contributed by atoms with van der Waals surface area (Å²) in [4.78, 5) is 14.4. The van der Waals surface area contributed by atoms with Crippen LogP contribution in [0.3, 0.4) is 0 Å². The number of carbonyl (C=O) groups excluding carboxylic acids is 1. The van der Waals surface area contributed by atoms with E-state index in [4.69, 9.17) is 4.74 Å². The summed E-state index contributed by atoms with van der Waals surface area (Å²) >= 11 is 0. The van der Waals surface area contributed by atoms with Crippen LogP contribution < -0.4 is 9.46 Å². The Morgan fingerprint density at radius 2 is 1.92 bits per heavy atom. The maximum absolute atomic E-state index is 12.7. The predicted molar refractivity (Wildman–Crippen MR) is 100 cm³/mol. The number of nitrogens with one attached hydrogen (secondary N) is 1. The number of carbonyl (C=O) groups is 1. The number of hydrogen-bond acceptors (Lipinski definition) is 4. The van der Waals surface area contributed by atoms with Crippen LogP contribution in [-0.2, 0) is 27.9 Å². The van der Waals surface area contributed by atoms with E-state index in [1.54, 1.807) is 36.9 Å². The maximum atomic E-state index is 12.7. The number of benzene rings is 2. The molecule has 0 aromatic heterocycles. The van der Waals surface area contributed by atoms with Gasteiger partial charge in [-0.25, -0.2) is 8.42 Å². The lowest BCUT2D eigenvalue weighted by Crippen LogP contribution is -2.37.